The molecule has 0 heterocycles. The average Bonchev–Trinajstić information content (AvgIpc) is 2.45. The van der Waals surface area contributed by atoms with E-state index in [1.807, 2.05) is 0 Å². The Balaban J connectivity index is 3.17. The summed E-state index contributed by atoms with van der Waals surface area (Å²) in [5.41, 5.74) is -0.100. The van der Waals surface area contributed by atoms with Crippen LogP contribution in [0.15, 0.2) is 29.5 Å². The van der Waals surface area contributed by atoms with E-state index in [9.17, 15) is 13.2 Å². The molecule has 0 saturated heterocycles. The molecular weight excluding hydrogens is 297 g/mol. The van der Waals surface area contributed by atoms with Crippen LogP contribution in [0.3, 0.4) is 0 Å². The highest BCUT2D eigenvalue weighted by molar-refractivity contribution is 5.65. The predicted molar refractivity (Wildman–Crippen MR) is 70.2 cm³/mol. The number of ether oxygens (including phenoxy) is 1. The van der Waals surface area contributed by atoms with Crippen molar-refractivity contribution in [1.29, 1.82) is 15.8 Å². The molecule has 1 aromatic carbocycles. The van der Waals surface area contributed by atoms with Crippen molar-refractivity contribution < 1.29 is 17.9 Å². The minimum atomic E-state index is -4.51. The summed E-state index contributed by atoms with van der Waals surface area (Å²) in [6, 6.07) is 8.94. The van der Waals surface area contributed by atoms with Crippen molar-refractivity contribution >= 4 is 5.69 Å². The van der Waals surface area contributed by atoms with Crippen molar-refractivity contribution in [2.24, 2.45) is 0 Å². The number of nitrogens with one attached hydrogen (secondary N) is 1. The highest BCUT2D eigenvalue weighted by Gasteiger charge is 2.29. The van der Waals surface area contributed by atoms with Gasteiger partial charge in [-0.05, 0) is 24.6 Å². The van der Waals surface area contributed by atoms with Gasteiger partial charge in [0.25, 0.3) is 0 Å². The molecule has 0 aliphatic carbocycles. The van der Waals surface area contributed by atoms with Crippen LogP contribution in [0.4, 0.5) is 18.9 Å². The predicted octanol–water partition coefficient (Wildman–Crippen LogP) is 3.17. The summed E-state index contributed by atoms with van der Waals surface area (Å²) in [5.74, 6) is -0.147. The quantitative estimate of drug-likeness (QED) is 0.862. The molecule has 22 heavy (non-hydrogen) atoms. The summed E-state index contributed by atoms with van der Waals surface area (Å²) >= 11 is 0. The summed E-state index contributed by atoms with van der Waals surface area (Å²) in [4.78, 5) is 0. The van der Waals surface area contributed by atoms with E-state index in [0.717, 1.165) is 0 Å². The molecule has 0 bridgehead atoms. The molecule has 1 rings (SSSR count). The highest BCUT2D eigenvalue weighted by atomic mass is 19.4. The van der Waals surface area contributed by atoms with Gasteiger partial charge in [0.05, 0.1) is 5.69 Å². The van der Waals surface area contributed by atoms with Gasteiger partial charge in [0.2, 0.25) is 0 Å². The van der Waals surface area contributed by atoms with E-state index in [1.54, 1.807) is 13.0 Å². The molecule has 0 unspecified atom stereocenters. The number of allylic oxidation sites excluding steroid dienone is 2. The fourth-order valence-corrected chi connectivity index (χ4v) is 1.44. The Bertz CT molecular complexity index is 702. The Morgan fingerprint density at radius 2 is 1.82 bits per heavy atom. The first-order valence-corrected chi connectivity index (χ1v) is 5.82. The Kier molecular flexibility index (Phi) is 5.38. The van der Waals surface area contributed by atoms with E-state index in [1.165, 1.54) is 30.3 Å². The summed E-state index contributed by atoms with van der Waals surface area (Å²) in [7, 11) is 0. The second-order valence-corrected chi connectivity index (χ2v) is 4.11. The van der Waals surface area contributed by atoms with Crippen molar-refractivity contribution in [3.63, 3.8) is 0 Å². The lowest BCUT2D eigenvalue weighted by Crippen LogP contribution is -2.19. The van der Waals surface area contributed by atoms with Gasteiger partial charge in [0, 0.05) is 0 Å². The van der Waals surface area contributed by atoms with E-state index in [4.69, 9.17) is 15.8 Å². The Morgan fingerprint density at radius 1 is 1.18 bits per heavy atom. The zero-order valence-electron chi connectivity index (χ0n) is 11.3. The fraction of sp³-hybridized carbons (Fsp3) is 0.214. The lowest BCUT2D eigenvalue weighted by molar-refractivity contribution is -0.153. The number of halogens is 3. The number of anilines is 1. The van der Waals surface area contributed by atoms with E-state index < -0.39 is 18.4 Å². The minimum absolute atomic E-state index is 0.0591. The number of benzene rings is 1. The summed E-state index contributed by atoms with van der Waals surface area (Å²) < 4.78 is 41.3. The first-order chi connectivity index (χ1) is 10.3. The molecule has 0 aromatic heterocycles. The largest absolute Gasteiger partial charge is 0.482 e. The van der Waals surface area contributed by atoms with E-state index >= 15 is 0 Å². The van der Waals surface area contributed by atoms with Crippen LogP contribution in [-0.4, -0.2) is 12.8 Å². The number of hydrogen-bond donors (Lipinski definition) is 1. The zero-order chi connectivity index (χ0) is 16.8. The van der Waals surface area contributed by atoms with Crippen LogP contribution in [0, 0.1) is 40.9 Å². The third-order valence-electron chi connectivity index (χ3n) is 2.37. The number of aryl methyl sites for hydroxylation is 1. The third kappa shape index (κ3) is 4.73. The smallest absolute Gasteiger partial charge is 0.422 e. The molecule has 8 heteroatoms. The number of rotatable bonds is 4. The molecule has 0 amide bonds. The third-order valence-corrected chi connectivity index (χ3v) is 2.37. The van der Waals surface area contributed by atoms with Crippen LogP contribution >= 0.6 is 0 Å². The standard InChI is InChI=1S/C14H9F3N4O/c1-9-2-3-13(22-8-14(15,16)17)11(4-9)21-12(7-20)10(5-18)6-19/h2-4,21H,8H2,1H3. The monoisotopic (exact) mass is 306 g/mol. The van der Waals surface area contributed by atoms with Gasteiger partial charge in [-0.3, -0.25) is 0 Å². The summed E-state index contributed by atoms with van der Waals surface area (Å²) in [5, 5.41) is 28.9. The number of nitrogens with zero attached hydrogens (tertiary/aromatic N) is 3. The van der Waals surface area contributed by atoms with Crippen LogP contribution in [0.1, 0.15) is 5.56 Å². The van der Waals surface area contributed by atoms with Crippen molar-refractivity contribution in [3.05, 3.63) is 35.0 Å². The number of hydrogen-bond acceptors (Lipinski definition) is 5. The molecular formula is C14H9F3N4O. The fourth-order valence-electron chi connectivity index (χ4n) is 1.44. The second-order valence-electron chi connectivity index (χ2n) is 4.11. The minimum Gasteiger partial charge on any atom is -0.482 e. The molecule has 1 N–H and O–H groups in total. The summed E-state index contributed by atoms with van der Waals surface area (Å²) in [6.45, 7) is 0.184. The maximum Gasteiger partial charge on any atom is 0.422 e. The van der Waals surface area contributed by atoms with Crippen LogP contribution in [0.5, 0.6) is 5.75 Å². The SMILES string of the molecule is Cc1ccc(OCC(F)(F)F)c(NC(C#N)=C(C#N)C#N)c1. The van der Waals surface area contributed by atoms with E-state index in [0.29, 0.717) is 5.56 Å². The molecule has 0 fully saturated rings. The van der Waals surface area contributed by atoms with Crippen LogP contribution in [0.25, 0.3) is 0 Å². The van der Waals surface area contributed by atoms with Crippen molar-refractivity contribution in [2.75, 3.05) is 11.9 Å². The van der Waals surface area contributed by atoms with E-state index in [-0.39, 0.29) is 17.1 Å². The molecule has 5 nitrogen and oxygen atoms in total. The molecule has 112 valence electrons. The molecule has 0 saturated carbocycles. The maximum absolute atomic E-state index is 12.2. The maximum atomic E-state index is 12.2. The van der Waals surface area contributed by atoms with Gasteiger partial charge >= 0.3 is 6.18 Å². The topological polar surface area (TPSA) is 92.6 Å². The molecule has 0 spiro atoms. The van der Waals surface area contributed by atoms with Crippen molar-refractivity contribution in [2.45, 2.75) is 13.1 Å². The van der Waals surface area contributed by atoms with Gasteiger partial charge in [-0.15, -0.1) is 0 Å². The van der Waals surface area contributed by atoms with Crippen LogP contribution in [0.2, 0.25) is 0 Å². The van der Waals surface area contributed by atoms with Crippen LogP contribution < -0.4 is 10.1 Å². The van der Waals surface area contributed by atoms with Crippen LogP contribution in [-0.2, 0) is 0 Å². The lowest BCUT2D eigenvalue weighted by atomic mass is 10.2. The molecule has 0 atom stereocenters. The van der Waals surface area contributed by atoms with Gasteiger partial charge in [-0.2, -0.15) is 29.0 Å². The number of nitriles is 3. The Morgan fingerprint density at radius 3 is 2.32 bits per heavy atom. The molecule has 0 aliphatic rings. The van der Waals surface area contributed by atoms with Crippen molar-refractivity contribution in [3.8, 4) is 24.0 Å². The Hall–Kier alpha value is -3.18. The van der Waals surface area contributed by atoms with Gasteiger partial charge in [-0.1, -0.05) is 6.07 Å². The van der Waals surface area contributed by atoms with Gasteiger partial charge in [-0.25, -0.2) is 0 Å². The number of alkyl halides is 3. The van der Waals surface area contributed by atoms with Gasteiger partial charge < -0.3 is 10.1 Å². The zero-order valence-corrected chi connectivity index (χ0v) is 11.3. The van der Waals surface area contributed by atoms with Gasteiger partial charge in [0.1, 0.15) is 29.7 Å². The summed E-state index contributed by atoms with van der Waals surface area (Å²) in [6.07, 6.45) is -4.51. The second kappa shape index (κ2) is 7.01. The van der Waals surface area contributed by atoms with Gasteiger partial charge in [0.15, 0.2) is 12.2 Å². The van der Waals surface area contributed by atoms with Crippen molar-refractivity contribution in [1.82, 2.24) is 0 Å². The molecule has 0 radical (unpaired) electrons. The molecule has 1 aromatic rings. The first kappa shape index (κ1) is 16.9. The average molecular weight is 306 g/mol. The van der Waals surface area contributed by atoms with E-state index in [2.05, 4.69) is 10.1 Å². The molecule has 0 aliphatic heterocycles. The Labute approximate surface area is 124 Å². The first-order valence-electron chi connectivity index (χ1n) is 5.82. The lowest BCUT2D eigenvalue weighted by Gasteiger charge is -2.14. The highest BCUT2D eigenvalue weighted by Crippen LogP contribution is 2.29. The normalized spacial score (nSPS) is 9.86.